The third kappa shape index (κ3) is 2.88. The van der Waals surface area contributed by atoms with Crippen LogP contribution in [0.4, 0.5) is 0 Å². The molecule has 0 unspecified atom stereocenters. The van der Waals surface area contributed by atoms with E-state index in [-0.39, 0.29) is 12.0 Å². The number of hydrogen-bond acceptors (Lipinski definition) is 2. The lowest BCUT2D eigenvalue weighted by Crippen LogP contribution is -2.54. The molecule has 1 saturated carbocycles. The summed E-state index contributed by atoms with van der Waals surface area (Å²) in [5.74, 6) is 0.287. The van der Waals surface area contributed by atoms with Crippen LogP contribution in [-0.4, -0.2) is 41.1 Å². The van der Waals surface area contributed by atoms with E-state index >= 15 is 0 Å². The lowest BCUT2D eigenvalue weighted by molar-refractivity contribution is -0.149. The first kappa shape index (κ1) is 14.8. The fourth-order valence-corrected chi connectivity index (χ4v) is 4.13. The number of rotatable bonds is 3. The van der Waals surface area contributed by atoms with Crippen molar-refractivity contribution in [3.05, 3.63) is 36.0 Å². The maximum Gasteiger partial charge on any atom is 0.223 e. The second-order valence-electron chi connectivity index (χ2n) is 6.71. The lowest BCUT2D eigenvalue weighted by atomic mass is 9.90. The zero-order chi connectivity index (χ0) is 15.6. The van der Waals surface area contributed by atoms with E-state index in [1.807, 2.05) is 12.3 Å². The van der Waals surface area contributed by atoms with Crippen molar-refractivity contribution in [1.29, 1.82) is 0 Å². The van der Waals surface area contributed by atoms with Crippen molar-refractivity contribution in [1.82, 2.24) is 9.88 Å². The zero-order valence-electron chi connectivity index (χ0n) is 13.5. The van der Waals surface area contributed by atoms with Gasteiger partial charge in [0.05, 0.1) is 18.8 Å². The number of aromatic amines is 1. The molecule has 2 fully saturated rings. The van der Waals surface area contributed by atoms with Gasteiger partial charge in [0.25, 0.3) is 0 Å². The summed E-state index contributed by atoms with van der Waals surface area (Å²) in [4.78, 5) is 18.1. The molecule has 1 aromatic heterocycles. The number of nitrogens with zero attached hydrogens (tertiary/aromatic N) is 1. The summed E-state index contributed by atoms with van der Waals surface area (Å²) in [5, 5.41) is 1.23. The molecular weight excluding hydrogens is 288 g/mol. The smallest absolute Gasteiger partial charge is 0.223 e. The molecule has 1 aliphatic carbocycles. The largest absolute Gasteiger partial charge is 0.374 e. The van der Waals surface area contributed by atoms with Gasteiger partial charge in [-0.25, -0.2) is 0 Å². The topological polar surface area (TPSA) is 45.3 Å². The van der Waals surface area contributed by atoms with Crippen LogP contribution in [0.3, 0.4) is 0 Å². The number of H-pyrrole nitrogens is 1. The number of morpholine rings is 1. The first-order valence-electron chi connectivity index (χ1n) is 8.79. The first-order valence-corrected chi connectivity index (χ1v) is 8.79. The van der Waals surface area contributed by atoms with Crippen LogP contribution in [0.2, 0.25) is 0 Å². The van der Waals surface area contributed by atoms with Crippen LogP contribution in [0.15, 0.2) is 30.5 Å². The number of aryl methyl sites for hydroxylation is 1. The average Bonchev–Trinajstić information content (AvgIpc) is 3.02. The number of benzene rings is 1. The van der Waals surface area contributed by atoms with Crippen molar-refractivity contribution in [3.63, 3.8) is 0 Å². The molecule has 1 amide bonds. The van der Waals surface area contributed by atoms with Crippen LogP contribution in [0.5, 0.6) is 0 Å². The Balaban J connectivity index is 1.43. The number of ether oxygens (including phenoxy) is 1. The highest BCUT2D eigenvalue weighted by Gasteiger charge is 2.36. The molecule has 23 heavy (non-hydrogen) atoms. The van der Waals surface area contributed by atoms with Gasteiger partial charge >= 0.3 is 0 Å². The molecule has 1 aliphatic heterocycles. The van der Waals surface area contributed by atoms with Crippen molar-refractivity contribution in [2.75, 3.05) is 13.2 Å². The molecule has 2 heterocycles. The summed E-state index contributed by atoms with van der Waals surface area (Å²) in [7, 11) is 0. The van der Waals surface area contributed by atoms with E-state index in [4.69, 9.17) is 4.74 Å². The van der Waals surface area contributed by atoms with Gasteiger partial charge in [-0.1, -0.05) is 31.0 Å². The Morgan fingerprint density at radius 3 is 3.09 bits per heavy atom. The van der Waals surface area contributed by atoms with Crippen molar-refractivity contribution < 1.29 is 9.53 Å². The molecule has 1 N–H and O–H groups in total. The molecule has 0 spiro atoms. The molecule has 4 nitrogen and oxygen atoms in total. The summed E-state index contributed by atoms with van der Waals surface area (Å²) in [6.45, 7) is 1.45. The Morgan fingerprint density at radius 1 is 1.26 bits per heavy atom. The highest BCUT2D eigenvalue weighted by atomic mass is 16.5. The van der Waals surface area contributed by atoms with E-state index in [0.717, 1.165) is 31.3 Å². The van der Waals surface area contributed by atoms with E-state index in [2.05, 4.69) is 28.1 Å². The van der Waals surface area contributed by atoms with Gasteiger partial charge in [-0.2, -0.15) is 0 Å². The molecule has 0 bridgehead atoms. The summed E-state index contributed by atoms with van der Waals surface area (Å²) in [5.41, 5.74) is 2.39. The number of fused-ring (bicyclic) bond motifs is 2. The normalized spacial score (nSPS) is 24.6. The molecular formula is C19H24N2O2. The van der Waals surface area contributed by atoms with Crippen LogP contribution >= 0.6 is 0 Å². The van der Waals surface area contributed by atoms with Gasteiger partial charge in [-0.3, -0.25) is 4.79 Å². The molecule has 122 valence electrons. The van der Waals surface area contributed by atoms with Crippen molar-refractivity contribution in [3.8, 4) is 0 Å². The summed E-state index contributed by atoms with van der Waals surface area (Å²) < 4.78 is 5.87. The molecule has 2 aromatic rings. The van der Waals surface area contributed by atoms with Gasteiger partial charge in [0.15, 0.2) is 0 Å². The quantitative estimate of drug-likeness (QED) is 0.945. The Kier molecular flexibility index (Phi) is 4.08. The number of hydrogen-bond donors (Lipinski definition) is 1. The highest BCUT2D eigenvalue weighted by molar-refractivity contribution is 5.84. The lowest BCUT2D eigenvalue weighted by Gasteiger charge is -2.43. The second-order valence-corrected chi connectivity index (χ2v) is 6.71. The molecule has 4 rings (SSSR count). The molecule has 1 saturated heterocycles. The number of para-hydroxylation sites is 1. The highest BCUT2D eigenvalue weighted by Crippen LogP contribution is 2.29. The van der Waals surface area contributed by atoms with E-state index < -0.39 is 0 Å². The van der Waals surface area contributed by atoms with Crippen molar-refractivity contribution in [2.24, 2.45) is 0 Å². The Morgan fingerprint density at radius 2 is 2.13 bits per heavy atom. The van der Waals surface area contributed by atoms with Crippen LogP contribution in [0, 0.1) is 0 Å². The minimum atomic E-state index is 0.273. The molecule has 2 aliphatic rings. The second kappa shape index (κ2) is 6.36. The van der Waals surface area contributed by atoms with Gasteiger partial charge in [0, 0.05) is 30.1 Å². The molecule has 2 atom stereocenters. The third-order valence-electron chi connectivity index (χ3n) is 5.34. The van der Waals surface area contributed by atoms with Gasteiger partial charge in [0.2, 0.25) is 5.91 Å². The van der Waals surface area contributed by atoms with E-state index in [0.29, 0.717) is 19.1 Å². The van der Waals surface area contributed by atoms with Gasteiger partial charge in [0.1, 0.15) is 0 Å². The zero-order valence-corrected chi connectivity index (χ0v) is 13.5. The van der Waals surface area contributed by atoms with Crippen LogP contribution in [0.1, 0.15) is 37.7 Å². The minimum absolute atomic E-state index is 0.273. The van der Waals surface area contributed by atoms with Gasteiger partial charge in [-0.05, 0) is 30.9 Å². The monoisotopic (exact) mass is 312 g/mol. The van der Waals surface area contributed by atoms with Crippen molar-refractivity contribution >= 4 is 16.8 Å². The standard InChI is InChI=1S/C19H24N2O2/c22-19(21-11-12-23-18-8-4-3-7-17(18)21)10-9-14-13-20-16-6-2-1-5-15(14)16/h1-2,5-6,13,17-18,20H,3-4,7-12H2/t17-,18-/m1/s1. The third-order valence-corrected chi connectivity index (χ3v) is 5.34. The summed E-state index contributed by atoms with van der Waals surface area (Å²) >= 11 is 0. The van der Waals surface area contributed by atoms with E-state index in [1.54, 1.807) is 0 Å². The summed E-state index contributed by atoms with van der Waals surface area (Å²) in [6, 6.07) is 8.60. The number of aromatic nitrogens is 1. The SMILES string of the molecule is O=C(CCc1c[nH]c2ccccc12)N1CCO[C@@H]2CCCC[C@H]21. The molecule has 4 heteroatoms. The van der Waals surface area contributed by atoms with E-state index in [1.165, 1.54) is 23.8 Å². The maximum atomic E-state index is 12.7. The Labute approximate surface area is 136 Å². The average molecular weight is 312 g/mol. The first-order chi connectivity index (χ1) is 11.3. The van der Waals surface area contributed by atoms with Crippen molar-refractivity contribution in [2.45, 2.75) is 50.7 Å². The molecule has 0 radical (unpaired) electrons. The predicted molar refractivity (Wildman–Crippen MR) is 90.3 cm³/mol. The van der Waals surface area contributed by atoms with Gasteiger partial charge < -0.3 is 14.6 Å². The molecule has 1 aromatic carbocycles. The maximum absolute atomic E-state index is 12.7. The number of carbonyl (C=O) groups excluding carboxylic acids is 1. The number of carbonyl (C=O) groups is 1. The Hall–Kier alpha value is -1.81. The van der Waals surface area contributed by atoms with Crippen LogP contribution < -0.4 is 0 Å². The van der Waals surface area contributed by atoms with Crippen LogP contribution in [-0.2, 0) is 16.0 Å². The predicted octanol–water partition coefficient (Wildman–Crippen LogP) is 3.27. The van der Waals surface area contributed by atoms with E-state index in [9.17, 15) is 4.79 Å². The van der Waals surface area contributed by atoms with Crippen LogP contribution in [0.25, 0.3) is 10.9 Å². The minimum Gasteiger partial charge on any atom is -0.374 e. The number of nitrogens with one attached hydrogen (secondary N) is 1. The summed E-state index contributed by atoms with van der Waals surface area (Å²) in [6.07, 6.45) is 8.37. The Bertz CT molecular complexity index is 691. The fraction of sp³-hybridized carbons (Fsp3) is 0.526. The van der Waals surface area contributed by atoms with Gasteiger partial charge in [-0.15, -0.1) is 0 Å². The number of amides is 1. The fourth-order valence-electron chi connectivity index (χ4n) is 4.13.